The van der Waals surface area contributed by atoms with Crippen molar-refractivity contribution in [2.45, 2.75) is 44.8 Å². The molecule has 7 heteroatoms. The molecule has 0 bridgehead atoms. The first kappa shape index (κ1) is 22.3. The molecule has 2 aromatic carbocycles. The minimum absolute atomic E-state index is 0.00365. The summed E-state index contributed by atoms with van der Waals surface area (Å²) < 4.78 is 5.98. The van der Waals surface area contributed by atoms with E-state index < -0.39 is 0 Å². The number of nitrogens with one attached hydrogen (secondary N) is 2. The third-order valence-corrected chi connectivity index (χ3v) is 5.93. The Morgan fingerprint density at radius 1 is 1.22 bits per heavy atom. The van der Waals surface area contributed by atoms with Crippen LogP contribution in [-0.4, -0.2) is 58.7 Å². The Balaban J connectivity index is 1.25. The van der Waals surface area contributed by atoms with Crippen LogP contribution in [0.15, 0.2) is 42.5 Å². The summed E-state index contributed by atoms with van der Waals surface area (Å²) in [5.74, 6) is 1.82. The Morgan fingerprint density at radius 2 is 2.06 bits per heavy atom. The number of aliphatic hydroxyl groups is 1. The molecule has 4 rings (SSSR count). The second kappa shape index (κ2) is 10.6. The van der Waals surface area contributed by atoms with Gasteiger partial charge in [0.15, 0.2) is 0 Å². The molecule has 32 heavy (non-hydrogen) atoms. The van der Waals surface area contributed by atoms with E-state index in [-0.39, 0.29) is 12.0 Å². The van der Waals surface area contributed by atoms with Crippen molar-refractivity contribution < 1.29 is 14.6 Å². The maximum atomic E-state index is 11.6. The van der Waals surface area contributed by atoms with Gasteiger partial charge in [0.05, 0.1) is 30.2 Å². The molecule has 3 N–H and O–H groups in total. The Hall–Kier alpha value is -2.90. The van der Waals surface area contributed by atoms with E-state index in [0.717, 1.165) is 73.5 Å². The van der Waals surface area contributed by atoms with Gasteiger partial charge in [-0.25, -0.2) is 4.98 Å². The third-order valence-electron chi connectivity index (χ3n) is 5.93. The van der Waals surface area contributed by atoms with E-state index >= 15 is 0 Å². The molecule has 1 aliphatic heterocycles. The number of rotatable bonds is 9. The molecule has 1 amide bonds. The highest BCUT2D eigenvalue weighted by atomic mass is 16.5. The lowest BCUT2D eigenvalue weighted by Gasteiger charge is -2.29. The van der Waals surface area contributed by atoms with E-state index in [1.54, 1.807) is 7.05 Å². The lowest BCUT2D eigenvalue weighted by molar-refractivity contribution is -0.119. The van der Waals surface area contributed by atoms with Gasteiger partial charge in [0.25, 0.3) is 0 Å². The van der Waals surface area contributed by atoms with Crippen molar-refractivity contribution >= 4 is 16.9 Å². The van der Waals surface area contributed by atoms with Crippen LogP contribution in [0.4, 0.5) is 0 Å². The van der Waals surface area contributed by atoms with Crippen molar-refractivity contribution in [3.05, 3.63) is 59.4 Å². The number of H-pyrrole nitrogens is 1. The summed E-state index contributed by atoms with van der Waals surface area (Å²) >= 11 is 0. The Kier molecular flexibility index (Phi) is 7.39. The number of imidazole rings is 1. The summed E-state index contributed by atoms with van der Waals surface area (Å²) in [5.41, 5.74) is 4.07. The second-order valence-corrected chi connectivity index (χ2v) is 8.49. The minimum atomic E-state index is -0.141. The molecular formula is C25H32N4O3. The van der Waals surface area contributed by atoms with Gasteiger partial charge < -0.3 is 20.1 Å². The molecule has 0 unspecified atom stereocenters. The number of benzene rings is 2. The van der Waals surface area contributed by atoms with Gasteiger partial charge in [-0.3, -0.25) is 9.69 Å². The molecule has 1 fully saturated rings. The monoisotopic (exact) mass is 436 g/mol. The Bertz CT molecular complexity index is 1040. The van der Waals surface area contributed by atoms with Gasteiger partial charge in [-0.1, -0.05) is 18.2 Å². The number of amides is 1. The van der Waals surface area contributed by atoms with Crippen molar-refractivity contribution in [1.82, 2.24) is 20.2 Å². The number of hydrogen-bond acceptors (Lipinski definition) is 5. The van der Waals surface area contributed by atoms with Crippen molar-refractivity contribution in [2.75, 3.05) is 26.7 Å². The van der Waals surface area contributed by atoms with E-state index in [9.17, 15) is 9.90 Å². The Labute approximate surface area is 188 Å². The predicted molar refractivity (Wildman–Crippen MR) is 125 cm³/mol. The number of aromatic nitrogens is 2. The van der Waals surface area contributed by atoms with Crippen molar-refractivity contribution in [3.63, 3.8) is 0 Å². The number of nitrogens with zero attached hydrogens (tertiary/aromatic N) is 2. The molecule has 1 aromatic heterocycles. The number of likely N-dealkylation sites (tertiary alicyclic amines) is 1. The molecule has 2 heterocycles. The summed E-state index contributed by atoms with van der Waals surface area (Å²) in [4.78, 5) is 22.0. The molecule has 0 spiro atoms. The van der Waals surface area contributed by atoms with Gasteiger partial charge in [0.1, 0.15) is 11.6 Å². The summed E-state index contributed by atoms with van der Waals surface area (Å²) in [6.45, 7) is 3.40. The molecule has 0 radical (unpaired) electrons. The zero-order valence-electron chi connectivity index (χ0n) is 18.6. The SMILES string of the molecule is CNC(=O)Cc1ccc2[nH]c(CCCOc3cccc(CN4CCC(O)CC4)c3)nc2c1. The number of fused-ring (bicyclic) bond motifs is 1. The number of ether oxygens (including phenoxy) is 1. The molecule has 0 aliphatic carbocycles. The van der Waals surface area contributed by atoms with Crippen LogP contribution in [0.1, 0.15) is 36.2 Å². The number of carbonyl (C=O) groups excluding carboxylic acids is 1. The lowest BCUT2D eigenvalue weighted by atomic mass is 10.1. The fraction of sp³-hybridized carbons (Fsp3) is 0.440. The molecule has 1 saturated heterocycles. The first-order chi connectivity index (χ1) is 15.6. The zero-order valence-corrected chi connectivity index (χ0v) is 18.6. The Morgan fingerprint density at radius 3 is 2.88 bits per heavy atom. The maximum Gasteiger partial charge on any atom is 0.224 e. The molecule has 170 valence electrons. The number of likely N-dealkylation sites (N-methyl/N-ethyl adjacent to an activating group) is 1. The van der Waals surface area contributed by atoms with Crippen LogP contribution in [0.5, 0.6) is 5.75 Å². The topological polar surface area (TPSA) is 90.5 Å². The van der Waals surface area contributed by atoms with Crippen LogP contribution < -0.4 is 10.1 Å². The summed E-state index contributed by atoms with van der Waals surface area (Å²) in [6, 6.07) is 14.2. The highest BCUT2D eigenvalue weighted by Gasteiger charge is 2.17. The number of aryl methyl sites for hydroxylation is 1. The van der Waals surface area contributed by atoms with E-state index in [2.05, 4.69) is 32.3 Å². The molecule has 3 aromatic rings. The fourth-order valence-electron chi connectivity index (χ4n) is 4.11. The lowest BCUT2D eigenvalue weighted by Crippen LogP contribution is -2.35. The van der Waals surface area contributed by atoms with E-state index in [0.29, 0.717) is 13.0 Å². The third kappa shape index (κ3) is 6.08. The second-order valence-electron chi connectivity index (χ2n) is 8.49. The molecule has 1 aliphatic rings. The molecular weight excluding hydrogens is 404 g/mol. The summed E-state index contributed by atoms with van der Waals surface area (Å²) in [5, 5.41) is 12.3. The highest BCUT2D eigenvalue weighted by molar-refractivity contribution is 5.81. The smallest absolute Gasteiger partial charge is 0.224 e. The number of hydrogen-bond donors (Lipinski definition) is 3. The van der Waals surface area contributed by atoms with Gasteiger partial charge in [0.2, 0.25) is 5.91 Å². The van der Waals surface area contributed by atoms with Crippen molar-refractivity contribution in [1.29, 1.82) is 0 Å². The zero-order chi connectivity index (χ0) is 22.3. The molecule has 7 nitrogen and oxygen atoms in total. The number of aromatic amines is 1. The van der Waals surface area contributed by atoms with Crippen molar-refractivity contribution in [3.8, 4) is 5.75 Å². The van der Waals surface area contributed by atoms with E-state index in [4.69, 9.17) is 4.74 Å². The highest BCUT2D eigenvalue weighted by Crippen LogP contribution is 2.19. The summed E-state index contributed by atoms with van der Waals surface area (Å²) in [6.07, 6.45) is 3.59. The average molecular weight is 437 g/mol. The van der Waals surface area contributed by atoms with Gasteiger partial charge in [0, 0.05) is 33.1 Å². The molecule has 0 saturated carbocycles. The maximum absolute atomic E-state index is 11.6. The number of carbonyl (C=O) groups is 1. The van der Waals surface area contributed by atoms with E-state index in [1.165, 1.54) is 5.56 Å². The van der Waals surface area contributed by atoms with Gasteiger partial charge in [-0.15, -0.1) is 0 Å². The standard InChI is InChI=1S/C25H32N4O3/c1-26-25(31)16-18-7-8-22-23(15-18)28-24(27-22)6-3-13-32-21-5-2-4-19(14-21)17-29-11-9-20(30)10-12-29/h2,4-5,7-8,14-15,20,30H,3,6,9-13,16-17H2,1H3,(H,26,31)(H,27,28). The largest absolute Gasteiger partial charge is 0.494 e. The van der Waals surface area contributed by atoms with Crippen LogP contribution in [0, 0.1) is 0 Å². The van der Waals surface area contributed by atoms with E-state index in [1.807, 2.05) is 30.3 Å². The van der Waals surface area contributed by atoms with Crippen LogP contribution in [0.2, 0.25) is 0 Å². The molecule has 0 atom stereocenters. The normalized spacial score (nSPS) is 15.2. The average Bonchev–Trinajstić information content (AvgIpc) is 3.20. The summed E-state index contributed by atoms with van der Waals surface area (Å²) in [7, 11) is 1.65. The first-order valence-electron chi connectivity index (χ1n) is 11.4. The van der Waals surface area contributed by atoms with Crippen LogP contribution >= 0.6 is 0 Å². The first-order valence-corrected chi connectivity index (χ1v) is 11.4. The van der Waals surface area contributed by atoms with Crippen LogP contribution in [-0.2, 0) is 24.2 Å². The van der Waals surface area contributed by atoms with Gasteiger partial charge in [-0.2, -0.15) is 0 Å². The predicted octanol–water partition coefficient (Wildman–Crippen LogP) is 2.82. The fourth-order valence-corrected chi connectivity index (χ4v) is 4.11. The van der Waals surface area contributed by atoms with Crippen molar-refractivity contribution in [2.24, 2.45) is 0 Å². The quantitative estimate of drug-likeness (QED) is 0.449. The van der Waals surface area contributed by atoms with Gasteiger partial charge >= 0.3 is 0 Å². The van der Waals surface area contributed by atoms with Crippen LogP contribution in [0.25, 0.3) is 11.0 Å². The van der Waals surface area contributed by atoms with Gasteiger partial charge in [-0.05, 0) is 54.7 Å². The number of piperidine rings is 1. The number of aliphatic hydroxyl groups excluding tert-OH is 1. The minimum Gasteiger partial charge on any atom is -0.494 e. The van der Waals surface area contributed by atoms with Crippen LogP contribution in [0.3, 0.4) is 0 Å².